The molecule has 3 aromatic rings. The van der Waals surface area contributed by atoms with Crippen molar-refractivity contribution in [3.63, 3.8) is 0 Å². The van der Waals surface area contributed by atoms with Gasteiger partial charge in [-0.15, -0.1) is 0 Å². The summed E-state index contributed by atoms with van der Waals surface area (Å²) in [6.07, 6.45) is 3.43. The van der Waals surface area contributed by atoms with E-state index in [0.717, 1.165) is 33.2 Å². The molecule has 1 aliphatic rings. The molecule has 1 aromatic heterocycles. The molecule has 0 atom stereocenters. The monoisotopic (exact) mass is 407 g/mol. The Morgan fingerprint density at radius 1 is 1.14 bits per heavy atom. The summed E-state index contributed by atoms with van der Waals surface area (Å²) in [5, 5.41) is 11.3. The predicted octanol–water partition coefficient (Wildman–Crippen LogP) is 3.49. The number of thioether (sulfide) groups is 1. The van der Waals surface area contributed by atoms with Crippen LogP contribution in [0.1, 0.15) is 15.9 Å². The molecule has 1 saturated heterocycles. The number of hydrogen-bond donors (Lipinski definition) is 2. The largest absolute Gasteiger partial charge is 0.508 e. The standard InChI is InChI=1S/C20H13N3O3S2/c24-14-7-5-12(6-8-14)18(25)22-23-19(26)17(28-20(23)27)11-13-9-10-21-16-4-2-1-3-15(13)16/h1-11,24H,(H,22,25). The van der Waals surface area contributed by atoms with E-state index in [-0.39, 0.29) is 10.1 Å². The Morgan fingerprint density at radius 2 is 1.89 bits per heavy atom. The Bertz CT molecular complexity index is 1140. The lowest BCUT2D eigenvalue weighted by Gasteiger charge is -2.15. The van der Waals surface area contributed by atoms with Gasteiger partial charge in [-0.1, -0.05) is 30.0 Å². The van der Waals surface area contributed by atoms with Crippen LogP contribution in [0.15, 0.2) is 65.7 Å². The Morgan fingerprint density at radius 3 is 2.68 bits per heavy atom. The molecule has 2 aromatic carbocycles. The lowest BCUT2D eigenvalue weighted by Crippen LogP contribution is -2.44. The first-order valence-corrected chi connectivity index (χ1v) is 9.47. The van der Waals surface area contributed by atoms with E-state index < -0.39 is 11.8 Å². The fourth-order valence-electron chi connectivity index (χ4n) is 2.73. The molecule has 1 fully saturated rings. The lowest BCUT2D eigenvalue weighted by molar-refractivity contribution is -0.123. The zero-order chi connectivity index (χ0) is 19.7. The third-order valence-electron chi connectivity index (χ3n) is 4.11. The number of aromatic nitrogens is 1. The topological polar surface area (TPSA) is 82.5 Å². The molecule has 2 amide bonds. The highest BCUT2D eigenvalue weighted by Gasteiger charge is 2.33. The number of phenols is 1. The van der Waals surface area contributed by atoms with Crippen LogP contribution in [-0.2, 0) is 4.79 Å². The number of nitrogens with zero attached hydrogens (tertiary/aromatic N) is 2. The minimum Gasteiger partial charge on any atom is -0.508 e. The third-order valence-corrected chi connectivity index (χ3v) is 5.41. The molecule has 6 nitrogen and oxygen atoms in total. The van der Waals surface area contributed by atoms with Crippen LogP contribution in [-0.4, -0.2) is 31.2 Å². The van der Waals surface area contributed by atoms with Crippen LogP contribution in [0.3, 0.4) is 0 Å². The van der Waals surface area contributed by atoms with Gasteiger partial charge in [-0.05, 0) is 60.3 Å². The van der Waals surface area contributed by atoms with E-state index in [1.54, 1.807) is 12.3 Å². The van der Waals surface area contributed by atoms with Crippen LogP contribution in [0.2, 0.25) is 0 Å². The van der Waals surface area contributed by atoms with Gasteiger partial charge in [0.1, 0.15) is 5.75 Å². The van der Waals surface area contributed by atoms with Crippen molar-refractivity contribution in [1.29, 1.82) is 0 Å². The summed E-state index contributed by atoms with van der Waals surface area (Å²) < 4.78 is 0.238. The molecule has 0 spiro atoms. The molecule has 2 heterocycles. The number of carbonyl (C=O) groups excluding carboxylic acids is 2. The van der Waals surface area contributed by atoms with E-state index in [4.69, 9.17) is 12.2 Å². The number of aromatic hydroxyl groups is 1. The van der Waals surface area contributed by atoms with Gasteiger partial charge in [-0.25, -0.2) is 0 Å². The van der Waals surface area contributed by atoms with E-state index in [1.807, 2.05) is 30.3 Å². The Balaban J connectivity index is 1.59. The zero-order valence-electron chi connectivity index (χ0n) is 14.3. The van der Waals surface area contributed by atoms with Gasteiger partial charge in [-0.2, -0.15) is 5.01 Å². The minimum absolute atomic E-state index is 0.0506. The molecule has 0 radical (unpaired) electrons. The molecule has 8 heteroatoms. The summed E-state index contributed by atoms with van der Waals surface area (Å²) in [5.41, 5.74) is 4.49. The number of benzene rings is 2. The van der Waals surface area contributed by atoms with Gasteiger partial charge >= 0.3 is 0 Å². The maximum absolute atomic E-state index is 12.8. The van der Waals surface area contributed by atoms with Crippen molar-refractivity contribution in [3.05, 3.63) is 76.8 Å². The number of thiocarbonyl (C=S) groups is 1. The number of phenolic OH excluding ortho intramolecular Hbond substituents is 1. The highest BCUT2D eigenvalue weighted by atomic mass is 32.2. The van der Waals surface area contributed by atoms with Crippen molar-refractivity contribution >= 4 is 57.1 Å². The number of amides is 2. The summed E-state index contributed by atoms with van der Waals surface area (Å²) >= 11 is 6.37. The van der Waals surface area contributed by atoms with Gasteiger partial charge in [0, 0.05) is 17.1 Å². The average Bonchev–Trinajstić information content (AvgIpc) is 2.96. The van der Waals surface area contributed by atoms with E-state index in [0.29, 0.717) is 10.5 Å². The maximum Gasteiger partial charge on any atom is 0.285 e. The second kappa shape index (κ2) is 7.41. The first-order chi connectivity index (χ1) is 13.5. The number of fused-ring (bicyclic) bond motifs is 1. The summed E-state index contributed by atoms with van der Waals surface area (Å²) in [5.74, 6) is -0.843. The number of nitrogens with one attached hydrogen (secondary N) is 1. The van der Waals surface area contributed by atoms with Crippen LogP contribution in [0.4, 0.5) is 0 Å². The van der Waals surface area contributed by atoms with Gasteiger partial charge in [0.05, 0.1) is 10.4 Å². The Hall–Kier alpha value is -3.23. The number of rotatable bonds is 3. The van der Waals surface area contributed by atoms with Crippen molar-refractivity contribution < 1.29 is 14.7 Å². The van der Waals surface area contributed by atoms with E-state index in [1.165, 1.54) is 24.3 Å². The fraction of sp³-hybridized carbons (Fsp3) is 0. The van der Waals surface area contributed by atoms with E-state index >= 15 is 0 Å². The van der Waals surface area contributed by atoms with Crippen LogP contribution in [0.25, 0.3) is 17.0 Å². The third kappa shape index (κ3) is 3.47. The molecular formula is C20H13N3O3S2. The molecule has 4 rings (SSSR count). The van der Waals surface area contributed by atoms with Crippen LogP contribution < -0.4 is 5.43 Å². The normalized spacial score (nSPS) is 15.4. The van der Waals surface area contributed by atoms with E-state index in [2.05, 4.69) is 10.4 Å². The number of pyridine rings is 1. The molecule has 2 N–H and O–H groups in total. The van der Waals surface area contributed by atoms with E-state index in [9.17, 15) is 14.7 Å². The number of para-hydroxylation sites is 1. The number of hydrazine groups is 1. The summed E-state index contributed by atoms with van der Waals surface area (Å²) in [6, 6.07) is 15.2. The van der Waals surface area contributed by atoms with Crippen molar-refractivity contribution in [1.82, 2.24) is 15.4 Å². The fourth-order valence-corrected chi connectivity index (χ4v) is 3.90. The van der Waals surface area contributed by atoms with Crippen LogP contribution in [0, 0.1) is 0 Å². The lowest BCUT2D eigenvalue weighted by atomic mass is 10.1. The highest BCUT2D eigenvalue weighted by Crippen LogP contribution is 2.32. The second-order valence-electron chi connectivity index (χ2n) is 5.92. The number of carbonyl (C=O) groups is 2. The first kappa shape index (κ1) is 18.1. The molecule has 0 bridgehead atoms. The van der Waals surface area contributed by atoms with Crippen molar-refractivity contribution in [2.24, 2.45) is 0 Å². The Kier molecular flexibility index (Phi) is 4.81. The summed E-state index contributed by atoms with van der Waals surface area (Å²) in [4.78, 5) is 29.8. The maximum atomic E-state index is 12.8. The quantitative estimate of drug-likeness (QED) is 0.511. The van der Waals surface area contributed by atoms with Gasteiger partial charge in [0.15, 0.2) is 4.32 Å². The van der Waals surface area contributed by atoms with Crippen molar-refractivity contribution in [2.75, 3.05) is 0 Å². The second-order valence-corrected chi connectivity index (χ2v) is 7.60. The summed E-state index contributed by atoms with van der Waals surface area (Å²) in [6.45, 7) is 0. The van der Waals surface area contributed by atoms with Crippen LogP contribution in [0.5, 0.6) is 5.75 Å². The van der Waals surface area contributed by atoms with Gasteiger partial charge in [0.25, 0.3) is 11.8 Å². The van der Waals surface area contributed by atoms with Gasteiger partial charge < -0.3 is 5.11 Å². The highest BCUT2D eigenvalue weighted by molar-refractivity contribution is 8.26. The Labute approximate surface area is 169 Å². The smallest absolute Gasteiger partial charge is 0.285 e. The molecular weight excluding hydrogens is 394 g/mol. The van der Waals surface area contributed by atoms with Crippen molar-refractivity contribution in [3.8, 4) is 5.75 Å². The summed E-state index contributed by atoms with van der Waals surface area (Å²) in [7, 11) is 0. The van der Waals surface area contributed by atoms with Crippen molar-refractivity contribution in [2.45, 2.75) is 0 Å². The predicted molar refractivity (Wildman–Crippen MR) is 112 cm³/mol. The molecule has 0 aliphatic carbocycles. The zero-order valence-corrected chi connectivity index (χ0v) is 16.0. The first-order valence-electron chi connectivity index (χ1n) is 8.24. The average molecular weight is 407 g/mol. The molecule has 28 heavy (non-hydrogen) atoms. The van der Waals surface area contributed by atoms with Gasteiger partial charge in [-0.3, -0.25) is 20.0 Å². The molecule has 1 aliphatic heterocycles. The molecule has 0 unspecified atom stereocenters. The SMILES string of the molecule is O=C(NN1C(=O)C(=Cc2ccnc3ccccc23)SC1=S)c1ccc(O)cc1. The number of hydrogen-bond acceptors (Lipinski definition) is 6. The van der Waals surface area contributed by atoms with Gasteiger partial charge in [0.2, 0.25) is 0 Å². The molecule has 138 valence electrons. The molecule has 0 saturated carbocycles. The van der Waals surface area contributed by atoms with Crippen LogP contribution >= 0.6 is 24.0 Å². The minimum atomic E-state index is -0.494.